The number of nitrogens with zero attached hydrogens (tertiary/aromatic N) is 3. The third-order valence-electron chi connectivity index (χ3n) is 2.39. The van der Waals surface area contributed by atoms with Crippen LogP contribution in [0.25, 0.3) is 0 Å². The summed E-state index contributed by atoms with van der Waals surface area (Å²) in [6.07, 6.45) is 1.84. The number of primary amides is 1. The van der Waals surface area contributed by atoms with Gasteiger partial charge in [0.25, 0.3) is 0 Å². The summed E-state index contributed by atoms with van der Waals surface area (Å²) < 4.78 is 1.65. The van der Waals surface area contributed by atoms with E-state index >= 15 is 0 Å². The van der Waals surface area contributed by atoms with Crippen molar-refractivity contribution in [2.75, 3.05) is 6.54 Å². The molecule has 0 aromatic carbocycles. The van der Waals surface area contributed by atoms with Gasteiger partial charge in [-0.25, -0.2) is 0 Å². The number of rotatable bonds is 7. The normalized spacial score (nSPS) is 12.9. The maximum absolute atomic E-state index is 10.9. The molecule has 0 spiro atoms. The number of carbonyl (C=O) groups is 1. The quantitative estimate of drug-likeness (QED) is 0.709. The second kappa shape index (κ2) is 6.34. The molecular formula is C11H21N5O. The Morgan fingerprint density at radius 2 is 2.24 bits per heavy atom. The van der Waals surface area contributed by atoms with Gasteiger partial charge in [-0.05, 0) is 12.5 Å². The zero-order valence-electron chi connectivity index (χ0n) is 10.7. The molecule has 0 bridgehead atoms. The Kier molecular flexibility index (Phi) is 5.09. The van der Waals surface area contributed by atoms with Crippen molar-refractivity contribution in [3.63, 3.8) is 0 Å². The van der Waals surface area contributed by atoms with Gasteiger partial charge in [0, 0.05) is 12.7 Å². The predicted molar refractivity (Wildman–Crippen MR) is 64.9 cm³/mol. The molecule has 17 heavy (non-hydrogen) atoms. The van der Waals surface area contributed by atoms with Gasteiger partial charge in [-0.2, -0.15) is 0 Å². The van der Waals surface area contributed by atoms with E-state index < -0.39 is 0 Å². The maximum Gasteiger partial charge on any atom is 0.222 e. The van der Waals surface area contributed by atoms with E-state index in [1.807, 2.05) is 6.20 Å². The first kappa shape index (κ1) is 13.6. The SMILES string of the molecule is CC(C)CNCc1cn(CC(C)C(N)=O)nn1. The molecule has 1 aromatic heterocycles. The first-order chi connectivity index (χ1) is 7.99. The van der Waals surface area contributed by atoms with E-state index in [4.69, 9.17) is 5.73 Å². The zero-order valence-corrected chi connectivity index (χ0v) is 10.7. The second-order valence-electron chi connectivity index (χ2n) is 4.76. The van der Waals surface area contributed by atoms with Crippen LogP contribution in [0.2, 0.25) is 0 Å². The van der Waals surface area contributed by atoms with Crippen LogP contribution in [0.3, 0.4) is 0 Å². The van der Waals surface area contributed by atoms with E-state index in [0.717, 1.165) is 12.2 Å². The van der Waals surface area contributed by atoms with Gasteiger partial charge in [0.1, 0.15) is 0 Å². The summed E-state index contributed by atoms with van der Waals surface area (Å²) >= 11 is 0. The minimum atomic E-state index is -0.319. The van der Waals surface area contributed by atoms with Gasteiger partial charge in [0.05, 0.1) is 18.2 Å². The number of amides is 1. The van der Waals surface area contributed by atoms with Crippen LogP contribution in [0, 0.1) is 11.8 Å². The molecule has 3 N–H and O–H groups in total. The Morgan fingerprint density at radius 1 is 1.53 bits per heavy atom. The molecule has 1 unspecified atom stereocenters. The van der Waals surface area contributed by atoms with Crippen LogP contribution in [0.15, 0.2) is 6.20 Å². The average molecular weight is 239 g/mol. The summed E-state index contributed by atoms with van der Waals surface area (Å²) in [5.41, 5.74) is 6.07. The van der Waals surface area contributed by atoms with Crippen LogP contribution in [0.4, 0.5) is 0 Å². The second-order valence-corrected chi connectivity index (χ2v) is 4.76. The van der Waals surface area contributed by atoms with Gasteiger partial charge in [0.2, 0.25) is 5.91 Å². The molecule has 0 aliphatic carbocycles. The van der Waals surface area contributed by atoms with E-state index in [-0.39, 0.29) is 11.8 Å². The lowest BCUT2D eigenvalue weighted by Gasteiger charge is -2.05. The Morgan fingerprint density at radius 3 is 2.82 bits per heavy atom. The summed E-state index contributed by atoms with van der Waals surface area (Å²) in [5, 5.41) is 11.3. The van der Waals surface area contributed by atoms with Gasteiger partial charge in [0.15, 0.2) is 0 Å². The monoisotopic (exact) mass is 239 g/mol. The Labute approximate surface area is 102 Å². The van der Waals surface area contributed by atoms with E-state index in [9.17, 15) is 4.79 Å². The largest absolute Gasteiger partial charge is 0.369 e. The summed E-state index contributed by atoms with van der Waals surface area (Å²) in [5.74, 6) is 0.0630. The highest BCUT2D eigenvalue weighted by molar-refractivity contribution is 5.76. The molecule has 1 aromatic rings. The minimum Gasteiger partial charge on any atom is -0.369 e. The van der Waals surface area contributed by atoms with Crippen LogP contribution in [-0.2, 0) is 17.9 Å². The number of hydrogen-bond donors (Lipinski definition) is 2. The van der Waals surface area contributed by atoms with Gasteiger partial charge in [-0.15, -0.1) is 5.10 Å². The molecule has 0 radical (unpaired) electrons. The lowest BCUT2D eigenvalue weighted by Crippen LogP contribution is -2.24. The Bertz CT molecular complexity index is 360. The van der Waals surface area contributed by atoms with E-state index in [2.05, 4.69) is 29.5 Å². The number of nitrogens with two attached hydrogens (primary N) is 1. The van der Waals surface area contributed by atoms with Gasteiger partial charge < -0.3 is 11.1 Å². The third-order valence-corrected chi connectivity index (χ3v) is 2.39. The Hall–Kier alpha value is -1.43. The van der Waals surface area contributed by atoms with Gasteiger partial charge in [-0.3, -0.25) is 9.48 Å². The summed E-state index contributed by atoms with van der Waals surface area (Å²) in [4.78, 5) is 10.9. The summed E-state index contributed by atoms with van der Waals surface area (Å²) in [6, 6.07) is 0. The maximum atomic E-state index is 10.9. The fraction of sp³-hybridized carbons (Fsp3) is 0.727. The van der Waals surface area contributed by atoms with Crippen molar-refractivity contribution >= 4 is 5.91 Å². The molecule has 6 nitrogen and oxygen atoms in total. The Balaban J connectivity index is 2.40. The van der Waals surface area contributed by atoms with Crippen molar-refractivity contribution in [2.24, 2.45) is 17.6 Å². The van der Waals surface area contributed by atoms with Crippen molar-refractivity contribution in [3.8, 4) is 0 Å². The smallest absolute Gasteiger partial charge is 0.222 e. The molecule has 6 heteroatoms. The van der Waals surface area contributed by atoms with Crippen molar-refractivity contribution in [3.05, 3.63) is 11.9 Å². The predicted octanol–water partition coefficient (Wildman–Crippen LogP) is 0.145. The standard InChI is InChI=1S/C11H21N5O/c1-8(2)4-13-5-10-7-16(15-14-10)6-9(3)11(12)17/h7-9,13H,4-6H2,1-3H3,(H2,12,17). The molecule has 0 aliphatic heterocycles. The number of hydrogen-bond acceptors (Lipinski definition) is 4. The zero-order chi connectivity index (χ0) is 12.8. The lowest BCUT2D eigenvalue weighted by molar-refractivity contribution is -0.121. The van der Waals surface area contributed by atoms with Crippen molar-refractivity contribution in [1.29, 1.82) is 0 Å². The first-order valence-corrected chi connectivity index (χ1v) is 5.88. The van der Waals surface area contributed by atoms with Gasteiger partial charge >= 0.3 is 0 Å². The van der Waals surface area contributed by atoms with Crippen molar-refractivity contribution in [2.45, 2.75) is 33.9 Å². The lowest BCUT2D eigenvalue weighted by atomic mass is 10.2. The van der Waals surface area contributed by atoms with Crippen molar-refractivity contribution < 1.29 is 4.79 Å². The third kappa shape index (κ3) is 4.95. The fourth-order valence-corrected chi connectivity index (χ4v) is 1.37. The summed E-state index contributed by atoms with van der Waals surface area (Å²) in [6.45, 7) is 8.21. The highest BCUT2D eigenvalue weighted by atomic mass is 16.1. The van der Waals surface area contributed by atoms with Crippen molar-refractivity contribution in [1.82, 2.24) is 20.3 Å². The molecule has 1 heterocycles. The molecule has 1 atom stereocenters. The molecule has 0 fully saturated rings. The van der Waals surface area contributed by atoms with Crippen LogP contribution in [0.5, 0.6) is 0 Å². The van der Waals surface area contributed by atoms with Crippen LogP contribution in [0.1, 0.15) is 26.5 Å². The number of carbonyl (C=O) groups excluding carboxylic acids is 1. The van der Waals surface area contributed by atoms with E-state index in [1.165, 1.54) is 0 Å². The van der Waals surface area contributed by atoms with Crippen LogP contribution < -0.4 is 11.1 Å². The molecule has 0 saturated heterocycles. The van der Waals surface area contributed by atoms with Gasteiger partial charge in [-0.1, -0.05) is 26.0 Å². The molecule has 1 amide bonds. The van der Waals surface area contributed by atoms with E-state index in [0.29, 0.717) is 19.0 Å². The van der Waals surface area contributed by atoms with Crippen LogP contribution >= 0.6 is 0 Å². The molecular weight excluding hydrogens is 218 g/mol. The van der Waals surface area contributed by atoms with E-state index in [1.54, 1.807) is 11.6 Å². The topological polar surface area (TPSA) is 85.8 Å². The highest BCUT2D eigenvalue weighted by Crippen LogP contribution is 2.00. The minimum absolute atomic E-state index is 0.229. The van der Waals surface area contributed by atoms with Crippen LogP contribution in [-0.4, -0.2) is 27.4 Å². The molecule has 0 aliphatic rings. The first-order valence-electron chi connectivity index (χ1n) is 5.88. The fourth-order valence-electron chi connectivity index (χ4n) is 1.37. The molecule has 1 rings (SSSR count). The number of aromatic nitrogens is 3. The number of nitrogens with one attached hydrogen (secondary N) is 1. The molecule has 0 saturated carbocycles. The molecule has 96 valence electrons. The highest BCUT2D eigenvalue weighted by Gasteiger charge is 2.10. The summed E-state index contributed by atoms with van der Waals surface area (Å²) in [7, 11) is 0. The average Bonchev–Trinajstić information content (AvgIpc) is 2.65.